The average molecular weight is 524 g/mol. The number of piperidine rings is 1. The quantitative estimate of drug-likeness (QED) is 0.392. The van der Waals surface area contributed by atoms with E-state index in [1.807, 2.05) is 31.3 Å². The molecule has 2 aromatic heterocycles. The van der Waals surface area contributed by atoms with E-state index in [-0.39, 0.29) is 12.5 Å². The van der Waals surface area contributed by atoms with E-state index in [9.17, 15) is 5.11 Å². The number of alkyl halides is 1. The van der Waals surface area contributed by atoms with Gasteiger partial charge in [0, 0.05) is 50.7 Å². The van der Waals surface area contributed by atoms with Gasteiger partial charge in [-0.25, -0.2) is 4.68 Å². The van der Waals surface area contributed by atoms with Crippen molar-refractivity contribution in [3.63, 3.8) is 0 Å². The van der Waals surface area contributed by atoms with Gasteiger partial charge in [-0.2, -0.15) is 0 Å². The standard InChI is InChI=1S/C28H38ClN7O/c1-34(2)26-13-22(15-30-16-26)27-18-36(33-32-27)28(19-29,20-37)23-8-10-25(11-9-23)35-12-4-7-24(17-35)31-14-21-5-3-6-21/h8-11,13,15-16,18,21,24,31,37H,3-7,12,14,17,19-20H2,1-2H3/t24-,28?/m1/s1. The van der Waals surface area contributed by atoms with E-state index < -0.39 is 5.54 Å². The molecule has 3 heterocycles. The Kier molecular flexibility index (Phi) is 7.98. The van der Waals surface area contributed by atoms with Gasteiger partial charge in [0.05, 0.1) is 30.6 Å². The third kappa shape index (κ3) is 5.47. The van der Waals surface area contributed by atoms with Crippen LogP contribution in [0.2, 0.25) is 0 Å². The molecule has 2 fully saturated rings. The third-order valence-corrected chi connectivity index (χ3v) is 8.50. The predicted molar refractivity (Wildman–Crippen MR) is 149 cm³/mol. The lowest BCUT2D eigenvalue weighted by atomic mass is 9.85. The molecule has 3 aromatic rings. The first-order chi connectivity index (χ1) is 18.0. The van der Waals surface area contributed by atoms with Crippen LogP contribution in [0.1, 0.15) is 37.7 Å². The Bertz CT molecular complexity index is 1160. The SMILES string of the molecule is CN(C)c1cncc(-c2cn(C(CO)(CCl)c3ccc(N4CCC[C@@H](NCC5CCC5)C4)cc3)nn2)c1. The second-order valence-electron chi connectivity index (χ2n) is 10.7. The largest absolute Gasteiger partial charge is 0.393 e. The number of benzene rings is 1. The molecule has 1 aliphatic carbocycles. The molecule has 198 valence electrons. The predicted octanol–water partition coefficient (Wildman–Crippen LogP) is 3.74. The van der Waals surface area contributed by atoms with E-state index in [0.29, 0.717) is 11.7 Å². The van der Waals surface area contributed by atoms with Crippen LogP contribution in [0.5, 0.6) is 0 Å². The number of aromatic nitrogens is 4. The molecular formula is C28H38ClN7O. The Hall–Kier alpha value is -2.68. The molecule has 2 N–H and O–H groups in total. The van der Waals surface area contributed by atoms with E-state index in [4.69, 9.17) is 11.6 Å². The second-order valence-corrected chi connectivity index (χ2v) is 11.0. The van der Waals surface area contributed by atoms with E-state index in [0.717, 1.165) is 42.4 Å². The van der Waals surface area contributed by atoms with Gasteiger partial charge >= 0.3 is 0 Å². The number of pyridine rings is 1. The minimum absolute atomic E-state index is 0.165. The Morgan fingerprint density at radius 1 is 1.14 bits per heavy atom. The zero-order valence-electron chi connectivity index (χ0n) is 21.9. The van der Waals surface area contributed by atoms with Crippen molar-refractivity contribution in [2.24, 2.45) is 5.92 Å². The summed E-state index contributed by atoms with van der Waals surface area (Å²) in [6, 6.07) is 11.0. The number of halogens is 1. The van der Waals surface area contributed by atoms with Crippen LogP contribution in [0.3, 0.4) is 0 Å². The third-order valence-electron chi connectivity index (χ3n) is 8.06. The van der Waals surface area contributed by atoms with Gasteiger partial charge in [-0.1, -0.05) is 23.8 Å². The highest BCUT2D eigenvalue weighted by molar-refractivity contribution is 6.18. The summed E-state index contributed by atoms with van der Waals surface area (Å²) < 4.78 is 1.69. The fraction of sp³-hybridized carbons (Fsp3) is 0.536. The molecular weight excluding hydrogens is 486 g/mol. The summed E-state index contributed by atoms with van der Waals surface area (Å²) >= 11 is 6.51. The number of nitrogens with zero attached hydrogens (tertiary/aromatic N) is 6. The first-order valence-corrected chi connectivity index (χ1v) is 13.9. The summed E-state index contributed by atoms with van der Waals surface area (Å²) in [7, 11) is 3.95. The van der Waals surface area contributed by atoms with Crippen molar-refractivity contribution in [1.82, 2.24) is 25.3 Å². The van der Waals surface area contributed by atoms with Crippen molar-refractivity contribution in [3.8, 4) is 11.3 Å². The molecule has 8 nitrogen and oxygen atoms in total. The number of nitrogens with one attached hydrogen (secondary N) is 1. The van der Waals surface area contributed by atoms with Gasteiger partial charge in [0.15, 0.2) is 0 Å². The van der Waals surface area contributed by atoms with Gasteiger partial charge in [0.2, 0.25) is 0 Å². The van der Waals surface area contributed by atoms with Crippen molar-refractivity contribution >= 4 is 23.0 Å². The number of anilines is 2. The van der Waals surface area contributed by atoms with Crippen molar-refractivity contribution < 1.29 is 5.11 Å². The molecule has 2 atom stereocenters. The van der Waals surface area contributed by atoms with E-state index in [1.165, 1.54) is 37.8 Å². The molecule has 5 rings (SSSR count). The van der Waals surface area contributed by atoms with Crippen molar-refractivity contribution in [3.05, 3.63) is 54.5 Å². The molecule has 2 aliphatic rings. The lowest BCUT2D eigenvalue weighted by molar-refractivity contribution is 0.170. The van der Waals surface area contributed by atoms with Crippen LogP contribution < -0.4 is 15.1 Å². The maximum atomic E-state index is 10.6. The van der Waals surface area contributed by atoms with Crippen molar-refractivity contribution in [2.75, 3.05) is 56.0 Å². The molecule has 0 spiro atoms. The summed E-state index contributed by atoms with van der Waals surface area (Å²) in [5, 5.41) is 23.1. The van der Waals surface area contributed by atoms with Crippen LogP contribution >= 0.6 is 11.6 Å². The second kappa shape index (κ2) is 11.4. The number of aliphatic hydroxyl groups is 1. The Balaban J connectivity index is 1.33. The Morgan fingerprint density at radius 3 is 2.62 bits per heavy atom. The molecule has 0 bridgehead atoms. The zero-order chi connectivity index (χ0) is 25.8. The van der Waals surface area contributed by atoms with Gasteiger partial charge in [-0.3, -0.25) is 4.98 Å². The van der Waals surface area contributed by atoms with Crippen LogP contribution in [0.15, 0.2) is 48.9 Å². The summed E-state index contributed by atoms with van der Waals surface area (Å²) in [6.45, 7) is 3.06. The van der Waals surface area contributed by atoms with Crippen LogP contribution in [0.4, 0.5) is 11.4 Å². The Labute approximate surface area is 224 Å². The minimum Gasteiger partial charge on any atom is -0.393 e. The van der Waals surface area contributed by atoms with E-state index >= 15 is 0 Å². The number of hydrogen-bond donors (Lipinski definition) is 2. The lowest BCUT2D eigenvalue weighted by Crippen LogP contribution is -2.47. The maximum Gasteiger partial charge on any atom is 0.126 e. The van der Waals surface area contributed by atoms with Gasteiger partial charge in [-0.15, -0.1) is 16.7 Å². The van der Waals surface area contributed by atoms with E-state index in [1.54, 1.807) is 17.1 Å². The molecule has 1 saturated carbocycles. The van der Waals surface area contributed by atoms with Gasteiger partial charge in [-0.05, 0) is 61.9 Å². The number of hydrogen-bond acceptors (Lipinski definition) is 7. The Morgan fingerprint density at radius 2 is 1.95 bits per heavy atom. The van der Waals surface area contributed by atoms with Gasteiger partial charge < -0.3 is 20.2 Å². The number of aliphatic hydroxyl groups excluding tert-OH is 1. The van der Waals surface area contributed by atoms with Crippen LogP contribution in [-0.2, 0) is 5.54 Å². The van der Waals surface area contributed by atoms with Crippen molar-refractivity contribution in [2.45, 2.75) is 43.7 Å². The normalized spacial score (nSPS) is 19.9. The molecule has 1 unspecified atom stereocenters. The summed E-state index contributed by atoms with van der Waals surface area (Å²) in [4.78, 5) is 8.79. The molecule has 1 saturated heterocycles. The first-order valence-electron chi connectivity index (χ1n) is 13.3. The monoisotopic (exact) mass is 523 g/mol. The smallest absolute Gasteiger partial charge is 0.126 e. The zero-order valence-corrected chi connectivity index (χ0v) is 22.6. The highest BCUT2D eigenvalue weighted by Gasteiger charge is 2.35. The topological polar surface area (TPSA) is 82.3 Å². The van der Waals surface area contributed by atoms with Gasteiger partial charge in [0.25, 0.3) is 0 Å². The van der Waals surface area contributed by atoms with Crippen LogP contribution in [0.25, 0.3) is 11.3 Å². The van der Waals surface area contributed by atoms with E-state index in [2.05, 4.69) is 49.8 Å². The maximum absolute atomic E-state index is 10.6. The molecule has 0 amide bonds. The van der Waals surface area contributed by atoms with Crippen molar-refractivity contribution in [1.29, 1.82) is 0 Å². The molecule has 0 radical (unpaired) electrons. The highest BCUT2D eigenvalue weighted by Crippen LogP contribution is 2.32. The summed E-state index contributed by atoms with van der Waals surface area (Å²) in [5.74, 6) is 1.04. The van der Waals surface area contributed by atoms with Gasteiger partial charge in [0.1, 0.15) is 11.2 Å². The number of rotatable bonds is 10. The lowest BCUT2D eigenvalue weighted by Gasteiger charge is -2.37. The van der Waals surface area contributed by atoms with Crippen LogP contribution in [0, 0.1) is 5.92 Å². The average Bonchev–Trinajstić information content (AvgIpc) is 3.40. The molecule has 1 aliphatic heterocycles. The fourth-order valence-electron chi connectivity index (χ4n) is 5.29. The molecule has 37 heavy (non-hydrogen) atoms. The summed E-state index contributed by atoms with van der Waals surface area (Å²) in [6.07, 6.45) is 12.0. The first kappa shape index (κ1) is 25.9. The molecule has 1 aromatic carbocycles. The molecule has 9 heteroatoms. The van der Waals surface area contributed by atoms with Crippen LogP contribution in [-0.4, -0.2) is 77.3 Å². The summed E-state index contributed by atoms with van der Waals surface area (Å²) in [5.41, 5.74) is 3.72. The highest BCUT2D eigenvalue weighted by atomic mass is 35.5. The fourth-order valence-corrected chi connectivity index (χ4v) is 5.65. The minimum atomic E-state index is -0.910.